The first-order valence-corrected chi connectivity index (χ1v) is 10.3. The van der Waals surface area contributed by atoms with Crippen LogP contribution in [0.2, 0.25) is 0 Å². The number of carbonyl (C=O) groups is 5. The lowest BCUT2D eigenvalue weighted by Crippen LogP contribution is -2.71. The Kier molecular flexibility index (Phi) is 7.22. The smallest absolute Gasteiger partial charge is 0.352 e. The summed E-state index contributed by atoms with van der Waals surface area (Å²) in [6.07, 6.45) is 1.68. The summed E-state index contributed by atoms with van der Waals surface area (Å²) in [7, 11) is 1.20. The second-order valence-electron chi connectivity index (χ2n) is 6.55. The first kappa shape index (κ1) is 23.6. The Balaban J connectivity index is 1.79. The van der Waals surface area contributed by atoms with Crippen LogP contribution in [0.3, 0.4) is 0 Å². The van der Waals surface area contributed by atoms with Gasteiger partial charge in [-0.2, -0.15) is 0 Å². The topological polar surface area (TPSA) is 189 Å². The van der Waals surface area contributed by atoms with Crippen LogP contribution in [-0.4, -0.2) is 86.7 Å². The third kappa shape index (κ3) is 4.92. The van der Waals surface area contributed by atoms with E-state index in [0.717, 1.165) is 4.90 Å². The van der Waals surface area contributed by atoms with Crippen LogP contribution in [0, 0.1) is 0 Å². The summed E-state index contributed by atoms with van der Waals surface area (Å²) in [5, 5.41) is 17.3. The Bertz CT molecular complexity index is 1070. The largest absolute Gasteiger partial charge is 0.477 e. The standard InChI is InChI=1S/C18H18N6O8S/c1-8(26)32-5-9-6-33-17-12(16(28)24(17)13(9)18(29)30)22-15(27)11(23-31-2)14-19-4-3-10(21-14)20-7-25/h3-4,7,12,17H,5-6H2,1-2H3,(H,22,27)(H,29,30)(H,19,20,21,25)/t12-,17-/m1/s1. The fourth-order valence-electron chi connectivity index (χ4n) is 3.08. The van der Waals surface area contributed by atoms with E-state index in [-0.39, 0.29) is 41.0 Å². The van der Waals surface area contributed by atoms with Gasteiger partial charge in [0.15, 0.2) is 5.82 Å². The van der Waals surface area contributed by atoms with Crippen LogP contribution in [0.15, 0.2) is 28.7 Å². The predicted octanol–water partition coefficient (Wildman–Crippen LogP) is -1.30. The lowest BCUT2D eigenvalue weighted by Gasteiger charge is -2.49. The maximum atomic E-state index is 12.8. The van der Waals surface area contributed by atoms with Crippen molar-refractivity contribution >= 4 is 53.5 Å². The molecule has 2 aliphatic heterocycles. The summed E-state index contributed by atoms with van der Waals surface area (Å²) in [6, 6.07) is 0.338. The summed E-state index contributed by atoms with van der Waals surface area (Å²) in [6.45, 7) is 0.929. The van der Waals surface area contributed by atoms with Crippen LogP contribution in [-0.2, 0) is 33.5 Å². The summed E-state index contributed by atoms with van der Waals surface area (Å²) in [5.74, 6) is -3.32. The second kappa shape index (κ2) is 10.1. The average Bonchev–Trinajstić information content (AvgIpc) is 2.78. The highest BCUT2D eigenvalue weighted by molar-refractivity contribution is 8.00. The zero-order chi connectivity index (χ0) is 24.1. The van der Waals surface area contributed by atoms with Crippen molar-refractivity contribution in [2.45, 2.75) is 18.3 Å². The molecule has 0 unspecified atom stereocenters. The molecule has 1 saturated heterocycles. The maximum Gasteiger partial charge on any atom is 0.352 e. The molecule has 2 atom stereocenters. The number of nitrogens with zero attached hydrogens (tertiary/aromatic N) is 4. The minimum absolute atomic E-state index is 0.108. The van der Waals surface area contributed by atoms with E-state index in [0.29, 0.717) is 6.41 Å². The number of ether oxygens (including phenoxy) is 1. The Labute approximate surface area is 190 Å². The molecular weight excluding hydrogens is 460 g/mol. The Morgan fingerprint density at radius 1 is 1.42 bits per heavy atom. The van der Waals surface area contributed by atoms with E-state index in [1.807, 2.05) is 0 Å². The molecule has 33 heavy (non-hydrogen) atoms. The molecule has 15 heteroatoms. The van der Waals surface area contributed by atoms with Gasteiger partial charge in [-0.15, -0.1) is 11.8 Å². The van der Waals surface area contributed by atoms with E-state index in [2.05, 4.69) is 30.6 Å². The maximum absolute atomic E-state index is 12.8. The second-order valence-corrected chi connectivity index (χ2v) is 7.65. The van der Waals surface area contributed by atoms with Gasteiger partial charge in [0.05, 0.1) is 0 Å². The number of carboxylic acids is 1. The zero-order valence-corrected chi connectivity index (χ0v) is 18.1. The van der Waals surface area contributed by atoms with Gasteiger partial charge in [0.1, 0.15) is 36.6 Å². The van der Waals surface area contributed by atoms with Crippen molar-refractivity contribution in [2.75, 3.05) is 24.8 Å². The van der Waals surface area contributed by atoms with Gasteiger partial charge in [-0.3, -0.25) is 24.1 Å². The van der Waals surface area contributed by atoms with Crippen molar-refractivity contribution in [2.24, 2.45) is 5.16 Å². The summed E-state index contributed by atoms with van der Waals surface area (Å²) in [4.78, 5) is 72.7. The van der Waals surface area contributed by atoms with Crippen molar-refractivity contribution in [3.05, 3.63) is 29.4 Å². The number of aromatic nitrogens is 2. The molecule has 14 nitrogen and oxygen atoms in total. The number of hydrogen-bond acceptors (Lipinski definition) is 11. The van der Waals surface area contributed by atoms with Gasteiger partial charge in [0.2, 0.25) is 12.1 Å². The minimum Gasteiger partial charge on any atom is -0.477 e. The molecule has 0 aliphatic carbocycles. The van der Waals surface area contributed by atoms with Crippen LogP contribution in [0.4, 0.5) is 5.82 Å². The lowest BCUT2D eigenvalue weighted by atomic mass is 10.0. The van der Waals surface area contributed by atoms with Gasteiger partial charge in [-0.1, -0.05) is 5.16 Å². The van der Waals surface area contributed by atoms with Crippen molar-refractivity contribution < 1.29 is 38.7 Å². The number of β-lactam (4-membered cyclic amide) rings is 1. The van der Waals surface area contributed by atoms with Gasteiger partial charge in [0.25, 0.3) is 11.8 Å². The van der Waals surface area contributed by atoms with Crippen molar-refractivity contribution in [3.8, 4) is 0 Å². The molecule has 3 amide bonds. The number of oxime groups is 1. The number of thioether (sulfide) groups is 1. The molecule has 0 aromatic carbocycles. The highest BCUT2D eigenvalue weighted by Gasteiger charge is 2.54. The number of carboxylic acid groups (broad SMARTS) is 1. The third-order valence-electron chi connectivity index (χ3n) is 4.46. The molecule has 0 spiro atoms. The van der Waals surface area contributed by atoms with E-state index in [1.165, 1.54) is 38.1 Å². The molecule has 3 heterocycles. The minimum atomic E-state index is -1.35. The van der Waals surface area contributed by atoms with Crippen LogP contribution < -0.4 is 10.6 Å². The van der Waals surface area contributed by atoms with Gasteiger partial charge >= 0.3 is 11.9 Å². The number of fused-ring (bicyclic) bond motifs is 1. The van der Waals surface area contributed by atoms with Crippen molar-refractivity contribution in [3.63, 3.8) is 0 Å². The Morgan fingerprint density at radius 2 is 2.18 bits per heavy atom. The van der Waals surface area contributed by atoms with Crippen LogP contribution in [0.25, 0.3) is 0 Å². The zero-order valence-electron chi connectivity index (χ0n) is 17.3. The SMILES string of the molecule is CON=C(C(=O)N[C@@H]1C(=O)N2C(C(=O)O)=C(COC(C)=O)CS[C@H]12)c1nccc(NC=O)n1. The molecule has 3 N–H and O–H groups in total. The summed E-state index contributed by atoms with van der Waals surface area (Å²) >= 11 is 1.20. The quantitative estimate of drug-likeness (QED) is 0.126. The molecule has 2 aliphatic rings. The number of anilines is 1. The Hall–Kier alpha value is -4.01. The summed E-state index contributed by atoms with van der Waals surface area (Å²) < 4.78 is 4.88. The predicted molar refractivity (Wildman–Crippen MR) is 112 cm³/mol. The van der Waals surface area contributed by atoms with E-state index < -0.39 is 35.2 Å². The number of nitrogens with one attached hydrogen (secondary N) is 2. The number of carbonyl (C=O) groups excluding carboxylic acids is 4. The highest BCUT2D eigenvalue weighted by atomic mass is 32.2. The highest BCUT2D eigenvalue weighted by Crippen LogP contribution is 2.40. The van der Waals surface area contributed by atoms with Gasteiger partial charge in [0, 0.05) is 24.4 Å². The lowest BCUT2D eigenvalue weighted by molar-refractivity contribution is -0.150. The third-order valence-corrected chi connectivity index (χ3v) is 5.80. The first-order chi connectivity index (χ1) is 15.8. The number of aliphatic carboxylic acids is 1. The molecule has 0 radical (unpaired) electrons. The fourth-order valence-corrected chi connectivity index (χ4v) is 4.41. The molecule has 0 saturated carbocycles. The Morgan fingerprint density at radius 3 is 2.82 bits per heavy atom. The van der Waals surface area contributed by atoms with E-state index in [1.54, 1.807) is 0 Å². The van der Waals surface area contributed by atoms with E-state index in [4.69, 9.17) is 4.74 Å². The molecule has 174 valence electrons. The molecule has 0 bridgehead atoms. The molecular formula is C18H18N6O8S. The number of esters is 1. The van der Waals surface area contributed by atoms with Crippen molar-refractivity contribution in [1.82, 2.24) is 20.2 Å². The summed E-state index contributed by atoms with van der Waals surface area (Å²) in [5.41, 5.74) is -0.368. The van der Waals surface area contributed by atoms with E-state index >= 15 is 0 Å². The number of hydrogen-bond donors (Lipinski definition) is 3. The van der Waals surface area contributed by atoms with Gasteiger partial charge in [-0.25, -0.2) is 14.8 Å². The molecule has 1 aromatic rings. The fraction of sp³-hybridized carbons (Fsp3) is 0.333. The van der Waals surface area contributed by atoms with Crippen molar-refractivity contribution in [1.29, 1.82) is 0 Å². The monoisotopic (exact) mass is 478 g/mol. The molecule has 1 aromatic heterocycles. The normalized spacial score (nSPS) is 19.8. The first-order valence-electron chi connectivity index (χ1n) is 9.27. The van der Waals surface area contributed by atoms with Crippen LogP contribution in [0.1, 0.15) is 12.7 Å². The van der Waals surface area contributed by atoms with E-state index in [9.17, 15) is 29.1 Å². The average molecular weight is 478 g/mol. The molecule has 1 fully saturated rings. The van der Waals surface area contributed by atoms with Crippen LogP contribution >= 0.6 is 11.8 Å². The van der Waals surface area contributed by atoms with Crippen LogP contribution in [0.5, 0.6) is 0 Å². The molecule has 3 rings (SSSR count). The number of rotatable bonds is 9. The van der Waals surface area contributed by atoms with Gasteiger partial charge in [-0.05, 0) is 6.07 Å². The van der Waals surface area contributed by atoms with Gasteiger partial charge < -0.3 is 25.3 Å². The number of amides is 3.